The highest BCUT2D eigenvalue weighted by molar-refractivity contribution is 8.00. The minimum Gasteiger partial charge on any atom is -0.126 e. The van der Waals surface area contributed by atoms with Crippen molar-refractivity contribution in [2.75, 3.05) is 11.5 Å². The lowest BCUT2D eigenvalue weighted by Crippen LogP contribution is -1.94. The highest BCUT2D eigenvalue weighted by Gasteiger charge is 2.09. The molecule has 47 heavy (non-hydrogen) atoms. The molecule has 0 saturated heterocycles. The predicted octanol–water partition coefficient (Wildman–Crippen LogP) is 17.3. The van der Waals surface area contributed by atoms with E-state index in [1.807, 2.05) is 0 Å². The minimum absolute atomic E-state index is 1.24. The van der Waals surface area contributed by atoms with Crippen molar-refractivity contribution in [3.63, 3.8) is 0 Å². The van der Waals surface area contributed by atoms with Crippen molar-refractivity contribution >= 4 is 23.5 Å². The Labute approximate surface area is 306 Å². The quantitative estimate of drug-likeness (QED) is 0.0501. The van der Waals surface area contributed by atoms with E-state index in [-0.39, 0.29) is 0 Å². The zero-order chi connectivity index (χ0) is 33.7. The van der Waals surface area contributed by atoms with Crippen molar-refractivity contribution in [3.8, 4) is 0 Å². The fourth-order valence-electron chi connectivity index (χ4n) is 6.98. The van der Waals surface area contributed by atoms with Gasteiger partial charge in [-0.2, -0.15) is 0 Å². The predicted molar refractivity (Wildman–Crippen MR) is 221 cm³/mol. The standard InChI is InChI=1S/C45H84S2/c1-4-7-9-11-13-15-17-19-21-23-25-27-29-31-33-35-41-46-44-39-37-40-45(43(44)38-6-3)47-42-36-34-32-30-28-26-24-22-20-18-16-14-12-10-8-5-2/h37,39-40H,4-36,38,41-42H2,1-3H3. The highest BCUT2D eigenvalue weighted by Crippen LogP contribution is 2.34. The summed E-state index contributed by atoms with van der Waals surface area (Å²) >= 11 is 4.28. The molecule has 0 fully saturated rings. The lowest BCUT2D eigenvalue weighted by atomic mass is 10.0. The van der Waals surface area contributed by atoms with Crippen molar-refractivity contribution in [1.82, 2.24) is 0 Å². The van der Waals surface area contributed by atoms with E-state index in [0.717, 1.165) is 0 Å². The smallest absolute Gasteiger partial charge is 0.0115 e. The third-order valence-electron chi connectivity index (χ3n) is 10.1. The summed E-state index contributed by atoms with van der Waals surface area (Å²) in [5, 5.41) is 0. The van der Waals surface area contributed by atoms with Crippen LogP contribution in [0.3, 0.4) is 0 Å². The minimum atomic E-state index is 1.24. The Morgan fingerprint density at radius 1 is 0.319 bits per heavy atom. The van der Waals surface area contributed by atoms with Crippen LogP contribution in [0.15, 0.2) is 28.0 Å². The second kappa shape index (κ2) is 37.2. The molecule has 0 bridgehead atoms. The molecule has 0 heterocycles. The van der Waals surface area contributed by atoms with Gasteiger partial charge in [0.25, 0.3) is 0 Å². The monoisotopic (exact) mass is 689 g/mol. The van der Waals surface area contributed by atoms with Gasteiger partial charge in [0, 0.05) is 9.79 Å². The molecule has 1 aromatic rings. The normalized spacial score (nSPS) is 11.6. The summed E-state index contributed by atoms with van der Waals surface area (Å²) in [5.41, 5.74) is 1.65. The van der Waals surface area contributed by atoms with Crippen LogP contribution in [0, 0.1) is 0 Å². The van der Waals surface area contributed by atoms with Gasteiger partial charge in [-0.3, -0.25) is 0 Å². The summed E-state index contributed by atoms with van der Waals surface area (Å²) in [6.07, 6.45) is 48.9. The lowest BCUT2D eigenvalue weighted by molar-refractivity contribution is 0.531. The molecule has 0 spiro atoms. The molecule has 0 nitrogen and oxygen atoms in total. The zero-order valence-electron chi connectivity index (χ0n) is 32.5. The van der Waals surface area contributed by atoms with Gasteiger partial charge >= 0.3 is 0 Å². The second-order valence-corrected chi connectivity index (χ2v) is 17.1. The topological polar surface area (TPSA) is 0 Å². The molecule has 2 heteroatoms. The molecule has 0 aliphatic heterocycles. The number of benzene rings is 1. The molecule has 0 aromatic heterocycles. The van der Waals surface area contributed by atoms with Gasteiger partial charge in [0.2, 0.25) is 0 Å². The summed E-state index contributed by atoms with van der Waals surface area (Å²) in [6.45, 7) is 6.97. The molecule has 0 radical (unpaired) electrons. The van der Waals surface area contributed by atoms with Crippen molar-refractivity contribution in [1.29, 1.82) is 0 Å². The van der Waals surface area contributed by atoms with E-state index in [1.54, 1.807) is 15.4 Å². The van der Waals surface area contributed by atoms with E-state index in [0.29, 0.717) is 0 Å². The SMILES string of the molecule is CCCCCCCCCCCCCCCCCCSc1cccc(SCCCCCCCCCCCCCCCCCC)c1CCC. The Bertz CT molecular complexity index is 687. The average Bonchev–Trinajstić information content (AvgIpc) is 3.08. The van der Waals surface area contributed by atoms with Crippen LogP contribution in [-0.2, 0) is 6.42 Å². The maximum Gasteiger partial charge on any atom is 0.0115 e. The Morgan fingerprint density at radius 3 is 0.830 bits per heavy atom. The molecule has 0 atom stereocenters. The summed E-state index contributed by atoms with van der Waals surface area (Å²) in [5.74, 6) is 2.59. The van der Waals surface area contributed by atoms with Crippen LogP contribution in [0.5, 0.6) is 0 Å². The van der Waals surface area contributed by atoms with E-state index in [2.05, 4.69) is 62.5 Å². The molecular formula is C45H84S2. The first kappa shape index (κ1) is 44.9. The van der Waals surface area contributed by atoms with Crippen LogP contribution >= 0.6 is 23.5 Å². The van der Waals surface area contributed by atoms with Crippen LogP contribution in [-0.4, -0.2) is 11.5 Å². The molecule has 1 rings (SSSR count). The lowest BCUT2D eigenvalue weighted by Gasteiger charge is -2.14. The molecular weight excluding hydrogens is 605 g/mol. The van der Waals surface area contributed by atoms with Gasteiger partial charge in [-0.1, -0.05) is 226 Å². The fourth-order valence-corrected chi connectivity index (χ4v) is 9.30. The maximum absolute atomic E-state index is 2.40. The number of unbranched alkanes of at least 4 members (excludes halogenated alkanes) is 30. The molecule has 0 unspecified atom stereocenters. The van der Waals surface area contributed by atoms with Crippen molar-refractivity contribution in [2.24, 2.45) is 0 Å². The Hall–Kier alpha value is -0.0800. The van der Waals surface area contributed by atoms with Gasteiger partial charge < -0.3 is 0 Å². The van der Waals surface area contributed by atoms with E-state index in [9.17, 15) is 0 Å². The number of hydrogen-bond acceptors (Lipinski definition) is 2. The Balaban J connectivity index is 2.01. The number of hydrogen-bond donors (Lipinski definition) is 0. The second-order valence-electron chi connectivity index (χ2n) is 14.8. The van der Waals surface area contributed by atoms with Gasteiger partial charge in [0.15, 0.2) is 0 Å². The Kier molecular flexibility index (Phi) is 35.6. The van der Waals surface area contributed by atoms with Gasteiger partial charge in [-0.15, -0.1) is 23.5 Å². The van der Waals surface area contributed by atoms with E-state index < -0.39 is 0 Å². The molecule has 0 amide bonds. The van der Waals surface area contributed by atoms with Crippen molar-refractivity contribution in [3.05, 3.63) is 23.8 Å². The van der Waals surface area contributed by atoms with Crippen LogP contribution in [0.1, 0.15) is 238 Å². The van der Waals surface area contributed by atoms with Crippen LogP contribution in [0.2, 0.25) is 0 Å². The van der Waals surface area contributed by atoms with Crippen LogP contribution < -0.4 is 0 Å². The van der Waals surface area contributed by atoms with Crippen LogP contribution in [0.4, 0.5) is 0 Å². The maximum atomic E-state index is 2.40. The molecule has 0 saturated carbocycles. The highest BCUT2D eigenvalue weighted by atomic mass is 32.2. The Morgan fingerprint density at radius 2 is 0.574 bits per heavy atom. The summed E-state index contributed by atoms with van der Waals surface area (Å²) in [4.78, 5) is 3.15. The van der Waals surface area contributed by atoms with Gasteiger partial charge in [-0.25, -0.2) is 0 Å². The first-order chi connectivity index (χ1) is 23.3. The molecule has 0 aliphatic rings. The van der Waals surface area contributed by atoms with Gasteiger partial charge in [0.05, 0.1) is 0 Å². The number of thioether (sulfide) groups is 2. The van der Waals surface area contributed by atoms with Crippen molar-refractivity contribution in [2.45, 2.75) is 249 Å². The summed E-state index contributed by atoms with van der Waals surface area (Å²) in [6, 6.07) is 7.13. The molecule has 276 valence electrons. The van der Waals surface area contributed by atoms with E-state index in [4.69, 9.17) is 0 Å². The van der Waals surface area contributed by atoms with Crippen LogP contribution in [0.25, 0.3) is 0 Å². The number of rotatable bonds is 38. The first-order valence-electron chi connectivity index (χ1n) is 21.7. The average molecular weight is 689 g/mol. The van der Waals surface area contributed by atoms with E-state index >= 15 is 0 Å². The van der Waals surface area contributed by atoms with Gasteiger partial charge in [-0.05, 0) is 48.5 Å². The largest absolute Gasteiger partial charge is 0.126 e. The third kappa shape index (κ3) is 29.4. The van der Waals surface area contributed by atoms with Crippen molar-refractivity contribution < 1.29 is 0 Å². The molecule has 0 aliphatic carbocycles. The van der Waals surface area contributed by atoms with E-state index in [1.165, 1.54) is 230 Å². The fraction of sp³-hybridized carbons (Fsp3) is 0.867. The zero-order valence-corrected chi connectivity index (χ0v) is 34.1. The summed E-state index contributed by atoms with van der Waals surface area (Å²) in [7, 11) is 0. The third-order valence-corrected chi connectivity index (χ3v) is 12.5. The molecule has 1 aromatic carbocycles. The summed E-state index contributed by atoms with van der Waals surface area (Å²) < 4.78 is 0. The van der Waals surface area contributed by atoms with Gasteiger partial charge in [0.1, 0.15) is 0 Å². The first-order valence-corrected chi connectivity index (χ1v) is 23.7. The molecule has 0 N–H and O–H groups in total.